The first-order chi connectivity index (χ1) is 9.63. The lowest BCUT2D eigenvalue weighted by Gasteiger charge is -2.08. The molecule has 0 unspecified atom stereocenters. The summed E-state index contributed by atoms with van der Waals surface area (Å²) in [5, 5.41) is 2.91. The first-order valence-corrected chi connectivity index (χ1v) is 7.20. The van der Waals surface area contributed by atoms with Crippen LogP contribution in [0.1, 0.15) is 27.0 Å². The highest BCUT2D eigenvalue weighted by Gasteiger charge is 2.14. The molecule has 2 aromatic carbocycles. The molecule has 1 amide bonds. The van der Waals surface area contributed by atoms with E-state index in [1.54, 1.807) is 0 Å². The van der Waals surface area contributed by atoms with Gasteiger partial charge in [0.1, 0.15) is 0 Å². The molecule has 0 fully saturated rings. The molecule has 0 saturated heterocycles. The predicted molar refractivity (Wildman–Crippen MR) is 81.8 cm³/mol. The van der Waals surface area contributed by atoms with Gasteiger partial charge >= 0.3 is 0 Å². The van der Waals surface area contributed by atoms with Gasteiger partial charge in [0.25, 0.3) is 5.91 Å². The van der Waals surface area contributed by atoms with Crippen LogP contribution in [0, 0.1) is 6.92 Å². The molecule has 102 valence electrons. The third-order valence-corrected chi connectivity index (χ3v) is 4.27. The molecular formula is C16H14BrNO2. The molecule has 1 heterocycles. The SMILES string of the molecule is Cc1ccc(NC(=O)c2ccc3c(c2)COC3)cc1Br. The molecule has 0 atom stereocenters. The van der Waals surface area contributed by atoms with Crippen molar-refractivity contribution in [3.63, 3.8) is 0 Å². The summed E-state index contributed by atoms with van der Waals surface area (Å²) in [6.45, 7) is 3.24. The molecule has 4 heteroatoms. The van der Waals surface area contributed by atoms with Gasteiger partial charge in [-0.1, -0.05) is 28.1 Å². The highest BCUT2D eigenvalue weighted by atomic mass is 79.9. The first-order valence-electron chi connectivity index (χ1n) is 6.40. The van der Waals surface area contributed by atoms with Crippen molar-refractivity contribution in [2.75, 3.05) is 5.32 Å². The minimum absolute atomic E-state index is 0.101. The van der Waals surface area contributed by atoms with Crippen LogP contribution >= 0.6 is 15.9 Å². The van der Waals surface area contributed by atoms with E-state index in [4.69, 9.17) is 4.74 Å². The van der Waals surface area contributed by atoms with Crippen molar-refractivity contribution in [2.45, 2.75) is 20.1 Å². The highest BCUT2D eigenvalue weighted by molar-refractivity contribution is 9.10. The Bertz CT molecular complexity index is 682. The van der Waals surface area contributed by atoms with E-state index in [-0.39, 0.29) is 5.91 Å². The third-order valence-electron chi connectivity index (χ3n) is 3.41. The van der Waals surface area contributed by atoms with E-state index in [0.29, 0.717) is 18.8 Å². The van der Waals surface area contributed by atoms with Crippen molar-refractivity contribution in [1.29, 1.82) is 0 Å². The van der Waals surface area contributed by atoms with E-state index in [1.807, 2.05) is 43.3 Å². The highest BCUT2D eigenvalue weighted by Crippen LogP contribution is 2.23. The Morgan fingerprint density at radius 3 is 2.75 bits per heavy atom. The third kappa shape index (κ3) is 2.62. The summed E-state index contributed by atoms with van der Waals surface area (Å²) in [6, 6.07) is 11.5. The van der Waals surface area contributed by atoms with Crippen LogP contribution < -0.4 is 5.32 Å². The van der Waals surface area contributed by atoms with E-state index in [9.17, 15) is 4.79 Å². The molecule has 3 nitrogen and oxygen atoms in total. The van der Waals surface area contributed by atoms with Gasteiger partial charge in [0, 0.05) is 15.7 Å². The normalized spacial score (nSPS) is 13.1. The van der Waals surface area contributed by atoms with E-state index >= 15 is 0 Å². The Hall–Kier alpha value is -1.65. The molecule has 3 rings (SSSR count). The maximum Gasteiger partial charge on any atom is 0.255 e. The van der Waals surface area contributed by atoms with Crippen molar-refractivity contribution >= 4 is 27.5 Å². The Morgan fingerprint density at radius 2 is 1.95 bits per heavy atom. The number of nitrogens with one attached hydrogen (secondary N) is 1. The smallest absolute Gasteiger partial charge is 0.255 e. The number of anilines is 1. The van der Waals surface area contributed by atoms with Gasteiger partial charge in [-0.25, -0.2) is 0 Å². The molecule has 0 aromatic heterocycles. The van der Waals surface area contributed by atoms with Crippen LogP contribution in [-0.2, 0) is 18.0 Å². The van der Waals surface area contributed by atoms with E-state index in [1.165, 1.54) is 5.56 Å². The summed E-state index contributed by atoms with van der Waals surface area (Å²) in [5.41, 5.74) is 4.84. The summed E-state index contributed by atoms with van der Waals surface area (Å²) in [5.74, 6) is -0.101. The molecule has 1 aliphatic heterocycles. The van der Waals surface area contributed by atoms with Crippen molar-refractivity contribution < 1.29 is 9.53 Å². The van der Waals surface area contributed by atoms with Crippen LogP contribution in [0.25, 0.3) is 0 Å². The van der Waals surface area contributed by atoms with Crippen molar-refractivity contribution in [3.8, 4) is 0 Å². The number of rotatable bonds is 2. The van der Waals surface area contributed by atoms with Gasteiger partial charge in [-0.2, -0.15) is 0 Å². The number of carbonyl (C=O) groups is 1. The van der Waals surface area contributed by atoms with Gasteiger partial charge in [-0.15, -0.1) is 0 Å². The second-order valence-electron chi connectivity index (χ2n) is 4.89. The van der Waals surface area contributed by atoms with Gasteiger partial charge < -0.3 is 10.1 Å². The zero-order valence-electron chi connectivity index (χ0n) is 11.1. The molecule has 0 aliphatic carbocycles. The summed E-state index contributed by atoms with van der Waals surface area (Å²) >= 11 is 3.46. The number of halogens is 1. The molecule has 0 radical (unpaired) electrons. The minimum atomic E-state index is -0.101. The molecule has 1 aliphatic rings. The zero-order chi connectivity index (χ0) is 14.1. The summed E-state index contributed by atoms with van der Waals surface area (Å²) in [6.07, 6.45) is 0. The van der Waals surface area contributed by atoms with Crippen LogP contribution in [0.2, 0.25) is 0 Å². The minimum Gasteiger partial charge on any atom is -0.372 e. The molecule has 0 spiro atoms. The zero-order valence-corrected chi connectivity index (χ0v) is 12.7. The van der Waals surface area contributed by atoms with Crippen LogP contribution in [-0.4, -0.2) is 5.91 Å². The maximum absolute atomic E-state index is 12.2. The Labute approximate surface area is 126 Å². The van der Waals surface area contributed by atoms with Crippen LogP contribution in [0.15, 0.2) is 40.9 Å². The second kappa shape index (κ2) is 5.38. The summed E-state index contributed by atoms with van der Waals surface area (Å²) in [7, 11) is 0. The average Bonchev–Trinajstić information content (AvgIpc) is 2.90. The quantitative estimate of drug-likeness (QED) is 0.901. The number of benzene rings is 2. The Kier molecular flexibility index (Phi) is 3.59. The molecule has 0 saturated carbocycles. The fraction of sp³-hybridized carbons (Fsp3) is 0.188. The van der Waals surface area contributed by atoms with Crippen molar-refractivity contribution in [2.24, 2.45) is 0 Å². The van der Waals surface area contributed by atoms with Gasteiger partial charge in [-0.3, -0.25) is 4.79 Å². The van der Waals surface area contributed by atoms with Crippen LogP contribution in [0.4, 0.5) is 5.69 Å². The van der Waals surface area contributed by atoms with Gasteiger partial charge in [0.2, 0.25) is 0 Å². The lowest BCUT2D eigenvalue weighted by atomic mass is 10.1. The van der Waals surface area contributed by atoms with E-state index in [0.717, 1.165) is 21.3 Å². The maximum atomic E-state index is 12.2. The standard InChI is InChI=1S/C16H14BrNO2/c1-10-2-5-14(7-15(10)17)18-16(19)11-3-4-12-8-20-9-13(12)6-11/h2-7H,8-9H2,1H3,(H,18,19). The lowest BCUT2D eigenvalue weighted by Crippen LogP contribution is -2.12. The largest absolute Gasteiger partial charge is 0.372 e. The van der Waals surface area contributed by atoms with Crippen molar-refractivity contribution in [3.05, 3.63) is 63.1 Å². The number of hydrogen-bond acceptors (Lipinski definition) is 2. The van der Waals surface area contributed by atoms with Gasteiger partial charge in [0.15, 0.2) is 0 Å². The fourth-order valence-corrected chi connectivity index (χ4v) is 2.57. The molecule has 1 N–H and O–H groups in total. The topological polar surface area (TPSA) is 38.3 Å². The summed E-state index contributed by atoms with van der Waals surface area (Å²) in [4.78, 5) is 12.2. The number of aryl methyl sites for hydroxylation is 1. The Balaban J connectivity index is 1.80. The molecular weight excluding hydrogens is 318 g/mol. The van der Waals surface area contributed by atoms with Crippen LogP contribution in [0.3, 0.4) is 0 Å². The first kappa shape index (κ1) is 13.3. The number of amides is 1. The average molecular weight is 332 g/mol. The molecule has 2 aromatic rings. The number of hydrogen-bond donors (Lipinski definition) is 1. The van der Waals surface area contributed by atoms with Crippen molar-refractivity contribution in [1.82, 2.24) is 0 Å². The fourth-order valence-electron chi connectivity index (χ4n) is 2.19. The number of ether oxygens (including phenoxy) is 1. The summed E-state index contributed by atoms with van der Waals surface area (Å²) < 4.78 is 6.34. The monoisotopic (exact) mass is 331 g/mol. The van der Waals surface area contributed by atoms with Gasteiger partial charge in [-0.05, 0) is 47.9 Å². The van der Waals surface area contributed by atoms with Gasteiger partial charge in [0.05, 0.1) is 13.2 Å². The molecule has 0 bridgehead atoms. The number of fused-ring (bicyclic) bond motifs is 1. The lowest BCUT2D eigenvalue weighted by molar-refractivity contribution is 0.102. The van der Waals surface area contributed by atoms with Crippen LogP contribution in [0.5, 0.6) is 0 Å². The second-order valence-corrected chi connectivity index (χ2v) is 5.75. The van der Waals surface area contributed by atoms with E-state index < -0.39 is 0 Å². The molecule has 20 heavy (non-hydrogen) atoms. The predicted octanol–water partition coefficient (Wildman–Crippen LogP) is 4.04. The number of carbonyl (C=O) groups excluding carboxylic acids is 1. The van der Waals surface area contributed by atoms with E-state index in [2.05, 4.69) is 21.2 Å². The Morgan fingerprint density at radius 1 is 1.15 bits per heavy atom.